The van der Waals surface area contributed by atoms with Gasteiger partial charge in [-0.1, -0.05) is 6.92 Å². The van der Waals surface area contributed by atoms with Gasteiger partial charge < -0.3 is 5.73 Å². The lowest BCUT2D eigenvalue weighted by Crippen LogP contribution is -1.99. The Balaban J connectivity index is 2.24. The molecule has 0 unspecified atom stereocenters. The molecule has 0 aliphatic heterocycles. The van der Waals surface area contributed by atoms with Crippen LogP contribution in [0.15, 0.2) is 15.4 Å². The number of aromatic nitrogens is 4. The average Bonchev–Trinajstić information content (AvgIpc) is 2.63. The third-order valence-electron chi connectivity index (χ3n) is 1.79. The molecule has 0 saturated heterocycles. The summed E-state index contributed by atoms with van der Waals surface area (Å²) in [5.74, 6) is 2.03. The SMILES string of the molecule is CCc1nc(N)cc(Sc2nc(C)ns2)n1. The molecule has 2 rings (SSSR count). The van der Waals surface area contributed by atoms with Gasteiger partial charge in [-0.05, 0) is 30.2 Å². The number of anilines is 1. The van der Waals surface area contributed by atoms with Crippen molar-refractivity contribution in [1.29, 1.82) is 0 Å². The quantitative estimate of drug-likeness (QED) is 0.842. The highest BCUT2D eigenvalue weighted by atomic mass is 32.2. The van der Waals surface area contributed by atoms with Gasteiger partial charge in [0.2, 0.25) is 0 Å². The van der Waals surface area contributed by atoms with E-state index in [2.05, 4.69) is 19.3 Å². The number of nitrogens with zero attached hydrogens (tertiary/aromatic N) is 4. The van der Waals surface area contributed by atoms with Crippen LogP contribution in [0.4, 0.5) is 5.82 Å². The van der Waals surface area contributed by atoms with Crippen molar-refractivity contribution in [2.45, 2.75) is 29.6 Å². The summed E-state index contributed by atoms with van der Waals surface area (Å²) in [6.45, 7) is 3.87. The first-order chi connectivity index (χ1) is 7.67. The van der Waals surface area contributed by atoms with Crippen molar-refractivity contribution in [2.24, 2.45) is 0 Å². The summed E-state index contributed by atoms with van der Waals surface area (Å²) in [6, 6.07) is 1.75. The molecule has 0 spiro atoms. The minimum atomic E-state index is 0.496. The lowest BCUT2D eigenvalue weighted by atomic mass is 10.4. The van der Waals surface area contributed by atoms with Gasteiger partial charge in [-0.3, -0.25) is 0 Å². The second-order valence-corrected chi connectivity index (χ2v) is 5.13. The zero-order valence-electron chi connectivity index (χ0n) is 8.97. The van der Waals surface area contributed by atoms with Gasteiger partial charge >= 0.3 is 0 Å². The molecular weight excluding hydrogens is 242 g/mol. The van der Waals surface area contributed by atoms with E-state index in [-0.39, 0.29) is 0 Å². The van der Waals surface area contributed by atoms with Crippen LogP contribution >= 0.6 is 23.3 Å². The molecule has 0 aliphatic rings. The van der Waals surface area contributed by atoms with Gasteiger partial charge in [0.05, 0.1) is 0 Å². The van der Waals surface area contributed by atoms with E-state index in [0.717, 1.165) is 27.4 Å². The van der Waals surface area contributed by atoms with Gasteiger partial charge in [-0.15, -0.1) is 0 Å². The van der Waals surface area contributed by atoms with Crippen LogP contribution in [0.1, 0.15) is 18.6 Å². The normalized spacial score (nSPS) is 10.6. The Morgan fingerprint density at radius 1 is 1.38 bits per heavy atom. The summed E-state index contributed by atoms with van der Waals surface area (Å²) in [5.41, 5.74) is 5.70. The highest BCUT2D eigenvalue weighted by Crippen LogP contribution is 2.28. The standard InChI is InChI=1S/C9H11N5S2/c1-3-7-12-6(10)4-8(13-7)15-9-11-5(2)14-16-9/h4H,3H2,1-2H3,(H2,10,12,13). The molecule has 0 saturated carbocycles. The van der Waals surface area contributed by atoms with Crippen LogP contribution in [0, 0.1) is 6.92 Å². The second kappa shape index (κ2) is 4.75. The number of rotatable bonds is 3. The molecule has 2 N–H and O–H groups in total. The molecule has 2 aromatic rings. The maximum absolute atomic E-state index is 5.70. The fourth-order valence-electron chi connectivity index (χ4n) is 1.11. The van der Waals surface area contributed by atoms with Gasteiger partial charge in [-0.2, -0.15) is 4.37 Å². The first-order valence-electron chi connectivity index (χ1n) is 4.79. The number of nitrogen functional groups attached to an aromatic ring is 1. The molecule has 5 nitrogen and oxygen atoms in total. The fourth-order valence-corrected chi connectivity index (χ4v) is 2.74. The lowest BCUT2D eigenvalue weighted by molar-refractivity contribution is 0.894. The molecule has 0 aliphatic carbocycles. The van der Waals surface area contributed by atoms with Gasteiger partial charge in [0, 0.05) is 12.5 Å². The van der Waals surface area contributed by atoms with Crippen molar-refractivity contribution in [3.8, 4) is 0 Å². The predicted molar refractivity (Wildman–Crippen MR) is 64.6 cm³/mol. The third kappa shape index (κ3) is 2.67. The van der Waals surface area contributed by atoms with Crippen molar-refractivity contribution in [3.63, 3.8) is 0 Å². The molecule has 0 atom stereocenters. The van der Waals surface area contributed by atoms with Crippen molar-refractivity contribution >= 4 is 29.1 Å². The number of hydrogen-bond donors (Lipinski definition) is 1. The molecule has 0 radical (unpaired) electrons. The zero-order valence-corrected chi connectivity index (χ0v) is 10.6. The summed E-state index contributed by atoms with van der Waals surface area (Å²) in [6.07, 6.45) is 0.772. The molecule has 7 heteroatoms. The van der Waals surface area contributed by atoms with Crippen molar-refractivity contribution in [3.05, 3.63) is 17.7 Å². The summed E-state index contributed by atoms with van der Waals surface area (Å²) in [7, 11) is 0. The van der Waals surface area contributed by atoms with Crippen molar-refractivity contribution in [2.75, 3.05) is 5.73 Å². The summed E-state index contributed by atoms with van der Waals surface area (Å²) < 4.78 is 4.99. The van der Waals surface area contributed by atoms with E-state index in [9.17, 15) is 0 Å². The highest BCUT2D eigenvalue weighted by molar-refractivity contribution is 8.00. The average molecular weight is 253 g/mol. The minimum Gasteiger partial charge on any atom is -0.384 e. The minimum absolute atomic E-state index is 0.496. The molecule has 2 aromatic heterocycles. The van der Waals surface area contributed by atoms with E-state index in [4.69, 9.17) is 5.73 Å². The smallest absolute Gasteiger partial charge is 0.176 e. The number of hydrogen-bond acceptors (Lipinski definition) is 7. The van der Waals surface area contributed by atoms with Gasteiger partial charge in [0.1, 0.15) is 22.5 Å². The number of aryl methyl sites for hydroxylation is 2. The van der Waals surface area contributed by atoms with Crippen LogP contribution in [0.2, 0.25) is 0 Å². The maximum Gasteiger partial charge on any atom is 0.176 e. The molecule has 16 heavy (non-hydrogen) atoms. The summed E-state index contributed by atoms with van der Waals surface area (Å²) in [5, 5.41) is 0.820. The van der Waals surface area contributed by atoms with Gasteiger partial charge in [0.25, 0.3) is 0 Å². The highest BCUT2D eigenvalue weighted by Gasteiger charge is 2.06. The molecule has 0 amide bonds. The Kier molecular flexibility index (Phi) is 3.35. The third-order valence-corrected chi connectivity index (χ3v) is 3.55. The molecule has 0 aromatic carbocycles. The zero-order chi connectivity index (χ0) is 11.5. The Labute approximate surface area is 102 Å². The maximum atomic E-state index is 5.70. The van der Waals surface area contributed by atoms with Crippen molar-refractivity contribution < 1.29 is 0 Å². The van der Waals surface area contributed by atoms with Crippen LogP contribution in [0.5, 0.6) is 0 Å². The van der Waals surface area contributed by atoms with Crippen LogP contribution in [-0.2, 0) is 6.42 Å². The summed E-state index contributed by atoms with van der Waals surface area (Å²) in [4.78, 5) is 12.7. The van der Waals surface area contributed by atoms with E-state index in [1.807, 2.05) is 13.8 Å². The summed E-state index contributed by atoms with van der Waals surface area (Å²) >= 11 is 2.83. The number of nitrogens with two attached hydrogens (primary N) is 1. The van der Waals surface area contributed by atoms with Crippen molar-refractivity contribution in [1.82, 2.24) is 19.3 Å². The molecular formula is C9H11N5S2. The van der Waals surface area contributed by atoms with E-state index in [1.54, 1.807) is 6.07 Å². The first kappa shape index (κ1) is 11.3. The van der Waals surface area contributed by atoms with Gasteiger partial charge in [0.15, 0.2) is 4.34 Å². The van der Waals surface area contributed by atoms with Crippen LogP contribution in [-0.4, -0.2) is 19.3 Å². The Morgan fingerprint density at radius 2 is 2.19 bits per heavy atom. The Bertz CT molecular complexity index is 496. The lowest BCUT2D eigenvalue weighted by Gasteiger charge is -2.01. The first-order valence-corrected chi connectivity index (χ1v) is 6.38. The van der Waals surface area contributed by atoms with E-state index in [1.165, 1.54) is 23.3 Å². The largest absolute Gasteiger partial charge is 0.384 e. The van der Waals surface area contributed by atoms with Crippen LogP contribution < -0.4 is 5.73 Å². The molecule has 0 fully saturated rings. The van der Waals surface area contributed by atoms with Gasteiger partial charge in [-0.25, -0.2) is 15.0 Å². The molecule has 0 bridgehead atoms. The van der Waals surface area contributed by atoms with E-state index < -0.39 is 0 Å². The van der Waals surface area contributed by atoms with E-state index in [0.29, 0.717) is 5.82 Å². The second-order valence-electron chi connectivity index (χ2n) is 3.11. The van der Waals surface area contributed by atoms with Crippen LogP contribution in [0.25, 0.3) is 0 Å². The topological polar surface area (TPSA) is 77.6 Å². The molecule has 84 valence electrons. The predicted octanol–water partition coefficient (Wildman–Crippen LogP) is 1.93. The van der Waals surface area contributed by atoms with Crippen LogP contribution in [0.3, 0.4) is 0 Å². The fraction of sp³-hybridized carbons (Fsp3) is 0.333. The Morgan fingerprint density at radius 3 is 2.81 bits per heavy atom. The molecule has 2 heterocycles. The Hall–Kier alpha value is -1.21. The monoisotopic (exact) mass is 253 g/mol. The van der Waals surface area contributed by atoms with E-state index >= 15 is 0 Å².